The van der Waals surface area contributed by atoms with Crippen molar-refractivity contribution in [3.05, 3.63) is 0 Å². The highest BCUT2D eigenvalue weighted by molar-refractivity contribution is 4.90. The van der Waals surface area contributed by atoms with Crippen LogP contribution in [-0.4, -0.2) is 25.8 Å². The number of rotatable bonds is 2. The lowest BCUT2D eigenvalue weighted by atomic mass is 10.0. The zero-order chi connectivity index (χ0) is 7.68. The second-order valence-electron chi connectivity index (χ2n) is 3.73. The van der Waals surface area contributed by atoms with E-state index in [1.807, 2.05) is 0 Å². The van der Waals surface area contributed by atoms with Crippen LogP contribution >= 0.6 is 0 Å². The van der Waals surface area contributed by atoms with E-state index in [1.165, 1.54) is 25.9 Å². The lowest BCUT2D eigenvalue weighted by molar-refractivity contribution is 0.0626. The maximum Gasteiger partial charge on any atom is 0.0581 e. The van der Waals surface area contributed by atoms with Gasteiger partial charge in [-0.1, -0.05) is 0 Å². The smallest absolute Gasteiger partial charge is 0.0581 e. The summed E-state index contributed by atoms with van der Waals surface area (Å²) in [5.74, 6) is 1.85. The molecule has 11 heavy (non-hydrogen) atoms. The Hall–Kier alpha value is -0.0800. The molecule has 1 heterocycles. The van der Waals surface area contributed by atoms with Gasteiger partial charge in [0.15, 0.2) is 0 Å². The topological polar surface area (TPSA) is 21.3 Å². The summed E-state index contributed by atoms with van der Waals surface area (Å²) in [6, 6.07) is 0. The maximum atomic E-state index is 5.61. The number of nitrogens with one attached hydrogen (secondary N) is 1. The number of hydrogen-bond acceptors (Lipinski definition) is 2. The van der Waals surface area contributed by atoms with E-state index >= 15 is 0 Å². The summed E-state index contributed by atoms with van der Waals surface area (Å²) in [6.45, 7) is 5.44. The zero-order valence-corrected chi connectivity index (χ0v) is 7.18. The predicted octanol–water partition coefficient (Wildman–Crippen LogP) is 1.02. The molecule has 2 nitrogen and oxygen atoms in total. The van der Waals surface area contributed by atoms with Gasteiger partial charge in [0.2, 0.25) is 0 Å². The minimum absolute atomic E-state index is 0.581. The first-order chi connectivity index (χ1) is 5.40. The zero-order valence-electron chi connectivity index (χ0n) is 7.18. The minimum atomic E-state index is 0.581. The normalized spacial score (nSPS) is 42.8. The lowest BCUT2D eigenvalue weighted by Gasteiger charge is -2.10. The van der Waals surface area contributed by atoms with Crippen molar-refractivity contribution in [3.8, 4) is 0 Å². The van der Waals surface area contributed by atoms with Crippen LogP contribution < -0.4 is 5.32 Å². The molecule has 1 aliphatic heterocycles. The van der Waals surface area contributed by atoms with Crippen LogP contribution in [0.1, 0.15) is 19.8 Å². The van der Waals surface area contributed by atoms with Crippen LogP contribution in [0.5, 0.6) is 0 Å². The molecule has 2 rings (SSSR count). The number of ether oxygens (including phenoxy) is 1. The Bertz CT molecular complexity index is 126. The fraction of sp³-hybridized carbons (Fsp3) is 1.00. The maximum absolute atomic E-state index is 5.61. The van der Waals surface area contributed by atoms with Gasteiger partial charge in [0, 0.05) is 6.61 Å². The highest BCUT2D eigenvalue weighted by Crippen LogP contribution is 2.35. The van der Waals surface area contributed by atoms with Crippen LogP contribution in [0.4, 0.5) is 0 Å². The van der Waals surface area contributed by atoms with Gasteiger partial charge in [-0.2, -0.15) is 0 Å². The van der Waals surface area contributed by atoms with E-state index in [4.69, 9.17) is 4.74 Å². The van der Waals surface area contributed by atoms with Crippen LogP contribution in [0.25, 0.3) is 0 Å². The predicted molar refractivity (Wildman–Crippen MR) is 44.5 cm³/mol. The quantitative estimate of drug-likeness (QED) is 0.643. The second-order valence-corrected chi connectivity index (χ2v) is 3.73. The van der Waals surface area contributed by atoms with E-state index in [0.717, 1.165) is 18.4 Å². The average Bonchev–Trinajstić information content (AvgIpc) is 2.46. The largest absolute Gasteiger partial charge is 0.378 e. The average molecular weight is 155 g/mol. The Labute approximate surface area is 68.3 Å². The van der Waals surface area contributed by atoms with Crippen LogP contribution in [-0.2, 0) is 4.74 Å². The van der Waals surface area contributed by atoms with E-state index in [9.17, 15) is 0 Å². The van der Waals surface area contributed by atoms with Crippen molar-refractivity contribution in [2.75, 3.05) is 19.7 Å². The molecule has 1 N–H and O–H groups in total. The molecule has 0 spiro atoms. The summed E-state index contributed by atoms with van der Waals surface area (Å²) in [4.78, 5) is 0. The van der Waals surface area contributed by atoms with E-state index in [2.05, 4.69) is 12.2 Å². The van der Waals surface area contributed by atoms with Crippen molar-refractivity contribution < 1.29 is 4.74 Å². The van der Waals surface area contributed by atoms with Gasteiger partial charge in [-0.3, -0.25) is 0 Å². The molecule has 2 atom stereocenters. The van der Waals surface area contributed by atoms with Crippen molar-refractivity contribution in [2.24, 2.45) is 11.8 Å². The Morgan fingerprint density at radius 3 is 2.45 bits per heavy atom. The van der Waals surface area contributed by atoms with Gasteiger partial charge in [0.1, 0.15) is 0 Å². The number of hydrogen-bond donors (Lipinski definition) is 1. The third kappa shape index (κ3) is 1.42. The van der Waals surface area contributed by atoms with Gasteiger partial charge >= 0.3 is 0 Å². The van der Waals surface area contributed by atoms with Gasteiger partial charge in [0.25, 0.3) is 0 Å². The minimum Gasteiger partial charge on any atom is -0.378 e. The van der Waals surface area contributed by atoms with E-state index in [0.29, 0.717) is 6.10 Å². The van der Waals surface area contributed by atoms with E-state index in [-0.39, 0.29) is 0 Å². The molecule has 1 saturated heterocycles. The molecule has 1 aliphatic carbocycles. The first kappa shape index (κ1) is 7.56. The fourth-order valence-corrected chi connectivity index (χ4v) is 2.48. The second kappa shape index (κ2) is 3.11. The Kier molecular flexibility index (Phi) is 2.14. The van der Waals surface area contributed by atoms with Crippen molar-refractivity contribution in [3.63, 3.8) is 0 Å². The summed E-state index contributed by atoms with van der Waals surface area (Å²) >= 11 is 0. The van der Waals surface area contributed by atoms with Crippen molar-refractivity contribution in [1.82, 2.24) is 5.32 Å². The van der Waals surface area contributed by atoms with Crippen LogP contribution in [0, 0.1) is 11.8 Å². The molecule has 0 bridgehead atoms. The van der Waals surface area contributed by atoms with Crippen molar-refractivity contribution in [1.29, 1.82) is 0 Å². The van der Waals surface area contributed by atoms with E-state index < -0.39 is 0 Å². The molecule has 0 aromatic carbocycles. The highest BCUT2D eigenvalue weighted by atomic mass is 16.5. The Morgan fingerprint density at radius 1 is 1.27 bits per heavy atom. The lowest BCUT2D eigenvalue weighted by Crippen LogP contribution is -2.16. The van der Waals surface area contributed by atoms with Gasteiger partial charge in [-0.15, -0.1) is 0 Å². The SMILES string of the molecule is CCOC1CC2CNCC2C1. The Morgan fingerprint density at radius 2 is 1.91 bits per heavy atom. The van der Waals surface area contributed by atoms with Crippen molar-refractivity contribution >= 4 is 0 Å². The molecular weight excluding hydrogens is 138 g/mol. The third-order valence-electron chi connectivity index (χ3n) is 3.01. The summed E-state index contributed by atoms with van der Waals surface area (Å²) < 4.78 is 5.61. The molecule has 0 aromatic rings. The summed E-state index contributed by atoms with van der Waals surface area (Å²) in [6.07, 6.45) is 3.17. The van der Waals surface area contributed by atoms with Gasteiger partial charge in [-0.25, -0.2) is 0 Å². The van der Waals surface area contributed by atoms with E-state index in [1.54, 1.807) is 0 Å². The molecule has 64 valence electrons. The molecule has 2 unspecified atom stereocenters. The Balaban J connectivity index is 1.84. The van der Waals surface area contributed by atoms with Crippen LogP contribution in [0.3, 0.4) is 0 Å². The first-order valence-electron chi connectivity index (χ1n) is 4.72. The summed E-state index contributed by atoms with van der Waals surface area (Å²) in [5, 5.41) is 3.43. The first-order valence-corrected chi connectivity index (χ1v) is 4.72. The molecule has 2 fully saturated rings. The standard InChI is InChI=1S/C9H17NO/c1-2-11-9-3-7-5-10-6-8(7)4-9/h7-10H,2-6H2,1H3. The third-order valence-corrected chi connectivity index (χ3v) is 3.01. The molecular formula is C9H17NO. The summed E-state index contributed by atoms with van der Waals surface area (Å²) in [5.41, 5.74) is 0. The molecule has 1 saturated carbocycles. The van der Waals surface area contributed by atoms with Crippen molar-refractivity contribution in [2.45, 2.75) is 25.9 Å². The molecule has 2 heteroatoms. The fourth-order valence-electron chi connectivity index (χ4n) is 2.48. The molecule has 0 aromatic heterocycles. The van der Waals surface area contributed by atoms with Gasteiger partial charge in [0.05, 0.1) is 6.10 Å². The monoisotopic (exact) mass is 155 g/mol. The van der Waals surface area contributed by atoms with Gasteiger partial charge in [-0.05, 0) is 44.7 Å². The highest BCUT2D eigenvalue weighted by Gasteiger charge is 2.37. The molecule has 2 aliphatic rings. The van der Waals surface area contributed by atoms with Gasteiger partial charge < -0.3 is 10.1 Å². The summed E-state index contributed by atoms with van der Waals surface area (Å²) in [7, 11) is 0. The number of fused-ring (bicyclic) bond motifs is 1. The molecule has 0 radical (unpaired) electrons. The van der Waals surface area contributed by atoms with Crippen LogP contribution in [0.2, 0.25) is 0 Å². The molecule has 0 amide bonds. The van der Waals surface area contributed by atoms with Crippen LogP contribution in [0.15, 0.2) is 0 Å².